The van der Waals surface area contributed by atoms with Crippen molar-refractivity contribution in [1.29, 1.82) is 0 Å². The van der Waals surface area contributed by atoms with Crippen LogP contribution in [0, 0.1) is 5.92 Å². The monoisotopic (exact) mass is 288 g/mol. The maximum Gasteiger partial charge on any atom is 0.263 e. The molecule has 1 aromatic heterocycles. The summed E-state index contributed by atoms with van der Waals surface area (Å²) >= 11 is 1.54. The third-order valence-electron chi connectivity index (χ3n) is 3.32. The Balaban J connectivity index is 0.00000162. The van der Waals surface area contributed by atoms with Crippen LogP contribution in [0.1, 0.15) is 29.4 Å². The van der Waals surface area contributed by atoms with Gasteiger partial charge in [0, 0.05) is 13.1 Å². The van der Waals surface area contributed by atoms with E-state index in [-0.39, 0.29) is 18.3 Å². The summed E-state index contributed by atoms with van der Waals surface area (Å²) in [4.78, 5) is 15.0. The van der Waals surface area contributed by atoms with E-state index < -0.39 is 0 Å². The Labute approximate surface area is 119 Å². The van der Waals surface area contributed by atoms with Crippen molar-refractivity contribution in [3.63, 3.8) is 0 Å². The molecule has 0 saturated carbocycles. The van der Waals surface area contributed by atoms with E-state index in [0.29, 0.717) is 0 Å². The standard InChI is InChI=1S/C13H20N2OS.ClH/c1-2-14-10-11-5-7-15(8-6-11)13(16)12-4-3-9-17-12;/h3-4,9,11,14H,2,5-8,10H2,1H3;1H. The Hall–Kier alpha value is -0.580. The van der Waals surface area contributed by atoms with Gasteiger partial charge in [0.1, 0.15) is 0 Å². The van der Waals surface area contributed by atoms with Crippen LogP contribution in [-0.4, -0.2) is 37.0 Å². The van der Waals surface area contributed by atoms with E-state index in [4.69, 9.17) is 0 Å². The number of nitrogens with one attached hydrogen (secondary N) is 1. The van der Waals surface area contributed by atoms with Gasteiger partial charge in [-0.3, -0.25) is 4.79 Å². The molecule has 3 nitrogen and oxygen atoms in total. The van der Waals surface area contributed by atoms with Crippen LogP contribution in [0.3, 0.4) is 0 Å². The van der Waals surface area contributed by atoms with Crippen LogP contribution in [0.2, 0.25) is 0 Å². The third-order valence-corrected chi connectivity index (χ3v) is 4.17. The zero-order valence-corrected chi connectivity index (χ0v) is 12.4. The van der Waals surface area contributed by atoms with Crippen molar-refractivity contribution in [3.05, 3.63) is 22.4 Å². The summed E-state index contributed by atoms with van der Waals surface area (Å²) in [6, 6.07) is 3.85. The van der Waals surface area contributed by atoms with Gasteiger partial charge in [-0.1, -0.05) is 13.0 Å². The molecule has 0 radical (unpaired) electrons. The largest absolute Gasteiger partial charge is 0.338 e. The van der Waals surface area contributed by atoms with Gasteiger partial charge in [0.15, 0.2) is 0 Å². The second-order valence-corrected chi connectivity index (χ2v) is 5.47. The predicted octanol–water partition coefficient (Wildman–Crippen LogP) is 2.63. The van der Waals surface area contributed by atoms with Gasteiger partial charge < -0.3 is 10.2 Å². The lowest BCUT2D eigenvalue weighted by molar-refractivity contribution is 0.0695. The minimum absolute atomic E-state index is 0. The fourth-order valence-corrected chi connectivity index (χ4v) is 2.94. The Kier molecular flexibility index (Phi) is 6.68. The highest BCUT2D eigenvalue weighted by Gasteiger charge is 2.23. The number of amides is 1. The van der Waals surface area contributed by atoms with Crippen LogP contribution in [0.15, 0.2) is 17.5 Å². The summed E-state index contributed by atoms with van der Waals surface area (Å²) in [5.74, 6) is 0.948. The van der Waals surface area contributed by atoms with E-state index in [0.717, 1.165) is 49.8 Å². The molecule has 0 bridgehead atoms. The van der Waals surface area contributed by atoms with E-state index in [9.17, 15) is 4.79 Å². The molecule has 1 N–H and O–H groups in total. The van der Waals surface area contributed by atoms with Gasteiger partial charge in [-0.25, -0.2) is 0 Å². The number of carbonyl (C=O) groups is 1. The van der Waals surface area contributed by atoms with Crippen molar-refractivity contribution in [3.8, 4) is 0 Å². The van der Waals surface area contributed by atoms with E-state index in [2.05, 4.69) is 12.2 Å². The first-order valence-electron chi connectivity index (χ1n) is 6.34. The summed E-state index contributed by atoms with van der Waals surface area (Å²) in [5.41, 5.74) is 0. The number of thiophene rings is 1. The van der Waals surface area contributed by atoms with Crippen LogP contribution in [0.5, 0.6) is 0 Å². The smallest absolute Gasteiger partial charge is 0.263 e. The number of likely N-dealkylation sites (tertiary alicyclic amines) is 1. The maximum absolute atomic E-state index is 12.1. The first-order valence-corrected chi connectivity index (χ1v) is 7.22. The molecule has 1 saturated heterocycles. The van der Waals surface area contributed by atoms with Gasteiger partial charge in [0.2, 0.25) is 0 Å². The third kappa shape index (κ3) is 3.97. The molecule has 1 aliphatic heterocycles. The summed E-state index contributed by atoms with van der Waals surface area (Å²) in [7, 11) is 0. The molecular weight excluding hydrogens is 268 g/mol. The molecule has 1 aromatic rings. The topological polar surface area (TPSA) is 32.3 Å². The van der Waals surface area contributed by atoms with Gasteiger partial charge in [-0.2, -0.15) is 0 Å². The SMILES string of the molecule is CCNCC1CCN(C(=O)c2cccs2)CC1.Cl. The molecule has 18 heavy (non-hydrogen) atoms. The average Bonchev–Trinajstić information content (AvgIpc) is 2.90. The van der Waals surface area contributed by atoms with Crippen molar-refractivity contribution in [2.45, 2.75) is 19.8 Å². The lowest BCUT2D eigenvalue weighted by Gasteiger charge is -2.31. The highest BCUT2D eigenvalue weighted by molar-refractivity contribution is 7.12. The molecular formula is C13H21ClN2OS. The van der Waals surface area contributed by atoms with Crippen LogP contribution >= 0.6 is 23.7 Å². The van der Waals surface area contributed by atoms with Crippen LogP contribution in [0.25, 0.3) is 0 Å². The average molecular weight is 289 g/mol. The molecule has 0 spiro atoms. The van der Waals surface area contributed by atoms with Gasteiger partial charge in [0.05, 0.1) is 4.88 Å². The minimum Gasteiger partial charge on any atom is -0.338 e. The lowest BCUT2D eigenvalue weighted by Crippen LogP contribution is -2.40. The van der Waals surface area contributed by atoms with Crippen molar-refractivity contribution in [2.24, 2.45) is 5.92 Å². The second kappa shape index (κ2) is 7.77. The Bertz CT molecular complexity index is 348. The molecule has 0 aromatic carbocycles. The van der Waals surface area contributed by atoms with Gasteiger partial charge >= 0.3 is 0 Å². The minimum atomic E-state index is 0. The number of piperidine rings is 1. The number of hydrogen-bond acceptors (Lipinski definition) is 3. The summed E-state index contributed by atoms with van der Waals surface area (Å²) in [6.07, 6.45) is 2.26. The lowest BCUT2D eigenvalue weighted by atomic mass is 9.96. The van der Waals surface area contributed by atoms with Crippen molar-refractivity contribution < 1.29 is 4.79 Å². The molecule has 1 fully saturated rings. The second-order valence-electron chi connectivity index (χ2n) is 4.52. The zero-order valence-electron chi connectivity index (χ0n) is 10.7. The van der Waals surface area contributed by atoms with E-state index >= 15 is 0 Å². The Morgan fingerprint density at radius 2 is 2.22 bits per heavy atom. The molecule has 0 unspecified atom stereocenters. The molecule has 102 valence electrons. The number of halogens is 1. The van der Waals surface area contributed by atoms with E-state index in [1.165, 1.54) is 11.3 Å². The van der Waals surface area contributed by atoms with Crippen molar-refractivity contribution in [1.82, 2.24) is 10.2 Å². The summed E-state index contributed by atoms with van der Waals surface area (Å²) in [5, 5.41) is 5.35. The number of rotatable bonds is 4. The maximum atomic E-state index is 12.1. The van der Waals surface area contributed by atoms with Gasteiger partial charge in [-0.15, -0.1) is 23.7 Å². The first-order chi connectivity index (χ1) is 8.31. The molecule has 2 rings (SSSR count). The van der Waals surface area contributed by atoms with E-state index in [1.54, 1.807) is 0 Å². The van der Waals surface area contributed by atoms with Crippen LogP contribution < -0.4 is 5.32 Å². The Morgan fingerprint density at radius 3 is 2.78 bits per heavy atom. The van der Waals surface area contributed by atoms with Gasteiger partial charge in [0.25, 0.3) is 5.91 Å². The number of nitrogens with zero attached hydrogens (tertiary/aromatic N) is 1. The highest BCUT2D eigenvalue weighted by Crippen LogP contribution is 2.20. The van der Waals surface area contributed by atoms with Crippen LogP contribution in [0.4, 0.5) is 0 Å². The predicted molar refractivity (Wildman–Crippen MR) is 78.7 cm³/mol. The molecule has 0 atom stereocenters. The van der Waals surface area contributed by atoms with E-state index in [1.807, 2.05) is 22.4 Å². The first kappa shape index (κ1) is 15.5. The van der Waals surface area contributed by atoms with Crippen LogP contribution in [-0.2, 0) is 0 Å². The molecule has 1 amide bonds. The molecule has 5 heteroatoms. The molecule has 2 heterocycles. The quantitative estimate of drug-likeness (QED) is 0.924. The fourth-order valence-electron chi connectivity index (χ4n) is 2.24. The number of hydrogen-bond donors (Lipinski definition) is 1. The Morgan fingerprint density at radius 1 is 1.50 bits per heavy atom. The molecule has 1 aliphatic rings. The van der Waals surface area contributed by atoms with Gasteiger partial charge in [-0.05, 0) is 43.3 Å². The zero-order chi connectivity index (χ0) is 12.1. The normalized spacial score (nSPS) is 16.4. The van der Waals surface area contributed by atoms with Crippen molar-refractivity contribution >= 4 is 29.7 Å². The highest BCUT2D eigenvalue weighted by atomic mass is 35.5. The summed E-state index contributed by atoms with van der Waals surface area (Å²) < 4.78 is 0. The fraction of sp³-hybridized carbons (Fsp3) is 0.615. The molecule has 0 aliphatic carbocycles. The number of carbonyl (C=O) groups excluding carboxylic acids is 1. The van der Waals surface area contributed by atoms with Crippen molar-refractivity contribution in [2.75, 3.05) is 26.2 Å². The summed E-state index contributed by atoms with van der Waals surface area (Å²) in [6.45, 7) is 6.08.